The molecule has 6 N–H and O–H groups in total. The van der Waals surface area contributed by atoms with Gasteiger partial charge in [-0.25, -0.2) is 37.5 Å². The molecule has 23 nitrogen and oxygen atoms in total. The number of phenolic OH excluding ortho intramolecular Hbond substituents is 1. The first-order valence-electron chi connectivity index (χ1n) is 30.7. The van der Waals surface area contributed by atoms with Crippen molar-refractivity contribution in [2.24, 2.45) is 21.7 Å². The van der Waals surface area contributed by atoms with Crippen molar-refractivity contribution in [3.8, 4) is 46.3 Å². The van der Waals surface area contributed by atoms with E-state index in [-0.39, 0.29) is 182 Å². The fourth-order valence-corrected chi connectivity index (χ4v) is 11.0. The van der Waals surface area contributed by atoms with Gasteiger partial charge in [-0.1, -0.05) is 48.5 Å². The van der Waals surface area contributed by atoms with Crippen LogP contribution in [0.1, 0.15) is 75.6 Å². The van der Waals surface area contributed by atoms with Gasteiger partial charge in [0, 0.05) is 65.5 Å². The molecule has 10 rings (SSSR count). The Morgan fingerprint density at radius 3 is 1.35 bits per heavy atom. The molecular formula is C69H78Cl2F4K2N10O13. The number of hydrogen-bond donors (Lipinski definition) is 6. The molecule has 100 heavy (non-hydrogen) atoms. The van der Waals surface area contributed by atoms with Gasteiger partial charge in [0.15, 0.2) is 46.1 Å². The number of nitrogens with zero attached hydrogens (tertiary/aromatic N) is 5. The van der Waals surface area contributed by atoms with Crippen molar-refractivity contribution in [2.45, 2.75) is 80.2 Å². The van der Waals surface area contributed by atoms with Crippen LogP contribution in [-0.4, -0.2) is 119 Å². The number of rotatable bonds is 25. The van der Waals surface area contributed by atoms with Crippen molar-refractivity contribution in [1.82, 2.24) is 30.2 Å². The van der Waals surface area contributed by atoms with Gasteiger partial charge in [-0.2, -0.15) is 0 Å². The first kappa shape index (κ1) is 86.0. The zero-order chi connectivity index (χ0) is 70.8. The van der Waals surface area contributed by atoms with Gasteiger partial charge >= 0.3 is 103 Å². The molecule has 3 unspecified atom stereocenters. The average molecular weight is 1480 g/mol. The zero-order valence-corrected chi connectivity index (χ0v) is 65.3. The van der Waals surface area contributed by atoms with Crippen LogP contribution in [0.3, 0.4) is 0 Å². The van der Waals surface area contributed by atoms with Gasteiger partial charge in [-0.15, -0.1) is 24.0 Å². The maximum Gasteiger partial charge on any atom is 1.00 e. The zero-order valence-electron chi connectivity index (χ0n) is 58.4. The third kappa shape index (κ3) is 21.4. The summed E-state index contributed by atoms with van der Waals surface area (Å²) in [4.78, 5) is 83.3. The number of carbonyl (C=O) groups excluding carboxylic acids is 5. The van der Waals surface area contributed by atoms with Gasteiger partial charge in [0.25, 0.3) is 6.47 Å². The maximum atomic E-state index is 15.3. The number of aromatic nitrogens is 4. The minimum atomic E-state index is -1.39. The molecule has 2 heterocycles. The van der Waals surface area contributed by atoms with E-state index in [1.165, 1.54) is 112 Å². The van der Waals surface area contributed by atoms with Crippen LogP contribution in [0.5, 0.6) is 46.3 Å². The summed E-state index contributed by atoms with van der Waals surface area (Å²) < 4.78 is 85.1. The summed E-state index contributed by atoms with van der Waals surface area (Å²) in [5.74, 6) is -3.07. The van der Waals surface area contributed by atoms with Crippen molar-refractivity contribution in [2.75, 3.05) is 74.7 Å². The van der Waals surface area contributed by atoms with E-state index in [0.29, 0.717) is 57.3 Å². The van der Waals surface area contributed by atoms with Crippen molar-refractivity contribution < 1.29 is 185 Å². The molecule has 4 amide bonds. The Balaban J connectivity index is 0.000000440. The fourth-order valence-electron chi connectivity index (χ4n) is 10.8. The quantitative estimate of drug-likeness (QED) is 0.00684. The number of amides is 4. The summed E-state index contributed by atoms with van der Waals surface area (Å²) >= 11 is 5.51. The number of alkyl halides is 1. The monoisotopic (exact) mass is 1480 g/mol. The normalized spacial score (nSPS) is 15.7. The number of aromatic hydroxyl groups is 1. The van der Waals surface area contributed by atoms with Gasteiger partial charge in [0.2, 0.25) is 35.4 Å². The molecule has 2 fully saturated rings. The second kappa shape index (κ2) is 39.3. The number of fused-ring (bicyclic) bond motifs is 2. The van der Waals surface area contributed by atoms with Crippen molar-refractivity contribution in [3.63, 3.8) is 0 Å². The molecule has 3 atom stereocenters. The Hall–Kier alpha value is -6.40. The number of carbonyl (C=O) groups is 5. The molecule has 6 aromatic carbocycles. The number of benzene rings is 6. The van der Waals surface area contributed by atoms with Crippen LogP contribution in [0.25, 0.3) is 21.8 Å². The van der Waals surface area contributed by atoms with Crippen LogP contribution < -0.4 is 158 Å². The molecule has 0 radical (unpaired) electrons. The predicted octanol–water partition coefficient (Wildman–Crippen LogP) is 6.42. The summed E-state index contributed by atoms with van der Waals surface area (Å²) in [7, 11) is 4.82. The van der Waals surface area contributed by atoms with Gasteiger partial charge in [-0.05, 0) is 142 Å². The third-order valence-corrected chi connectivity index (χ3v) is 16.9. The van der Waals surface area contributed by atoms with E-state index in [1.54, 1.807) is 39.8 Å². The van der Waals surface area contributed by atoms with Crippen LogP contribution in [0.4, 0.5) is 40.3 Å². The largest absolute Gasteiger partial charge is 1.00 e. The fraction of sp³-hybridized carbons (Fsp3) is 0.348. The molecule has 2 aliphatic carbocycles. The number of methoxy groups -OCH3 is 2. The summed E-state index contributed by atoms with van der Waals surface area (Å²) in [5.41, 5.74) is -2.21. The molecule has 0 spiro atoms. The van der Waals surface area contributed by atoms with E-state index >= 15 is 8.78 Å². The Labute approximate surface area is 674 Å². The first-order chi connectivity index (χ1) is 46.3. The average Bonchev–Trinajstić information content (AvgIpc) is 1.55. The smallest absolute Gasteiger partial charge is 1.00 e. The number of anilines is 4. The van der Waals surface area contributed by atoms with Crippen LogP contribution in [-0.2, 0) is 28.9 Å². The Kier molecular flexibility index (Phi) is 33.8. The molecular weight excluding hydrogens is 1400 g/mol. The van der Waals surface area contributed by atoms with E-state index in [0.717, 1.165) is 50.5 Å². The summed E-state index contributed by atoms with van der Waals surface area (Å²) in [6, 6.07) is 24.8. The second-order valence-corrected chi connectivity index (χ2v) is 24.0. The van der Waals surface area contributed by atoms with Crippen LogP contribution in [0.15, 0.2) is 122 Å². The Morgan fingerprint density at radius 1 is 0.620 bits per heavy atom. The predicted molar refractivity (Wildman–Crippen MR) is 363 cm³/mol. The van der Waals surface area contributed by atoms with Crippen molar-refractivity contribution in [1.29, 1.82) is 0 Å². The standard InChI is InChI=1S/C34H37F2N5O5.C28H24F2N4O5.C6H14ClN.CH2O3.ClH.2K.H/c1-6-21(37-4)13-14-45-29-17-26-24(16-28(29)44-5)30(39-19-38-26)46-27-12-11-23(15-25(27)36)41-32(43)34(18-33(34,2)3)31(42)40-22-9-7-20(35)8-10-22;1-27(2)13-28(27,25(36)33-16-6-4-15(29)5-7-16)26(37)34-17-8-9-22(19(30)10-17)39-24-18-11-23(38-3)21(35)12-20(18)31-14-32-24;1-3-8(4-2)6-5-7;2-1-4-3;;;;/h7-12,15-17,19,21,37H,6,13-14,18H2,1-5H3,(H,40,42)(H,41,43);4-12,14,35H,13H2,1-3H3,(H,33,36)(H,34,37);3-6H2,1-2H3;1,3H;1H;;;/q;;;;;2*+1;-1/p-1. The maximum absolute atomic E-state index is 15.3. The van der Waals surface area contributed by atoms with Crippen molar-refractivity contribution in [3.05, 3.63) is 145 Å². The molecule has 31 heteroatoms. The van der Waals surface area contributed by atoms with Gasteiger partial charge in [-0.3, -0.25) is 24.0 Å². The Bertz CT molecular complexity index is 4110. The Morgan fingerprint density at radius 2 is 1.01 bits per heavy atom. The van der Waals surface area contributed by atoms with E-state index < -0.39 is 68.6 Å². The van der Waals surface area contributed by atoms with Gasteiger partial charge in [0.05, 0.1) is 42.6 Å². The van der Waals surface area contributed by atoms with E-state index in [2.05, 4.69) is 77.1 Å². The summed E-state index contributed by atoms with van der Waals surface area (Å²) in [5, 5.41) is 33.2. The first-order valence-corrected chi connectivity index (χ1v) is 31.2. The van der Waals surface area contributed by atoms with E-state index in [1.807, 2.05) is 7.05 Å². The SMILES string of the molecule is CCC(CCOc1cc2ncnc(Oc3ccc(NC(=O)C4(C(=O)Nc5ccc(F)cc5)CC4(C)C)cc3F)c2cc1OC)NC.CCN(CC)CCCl.COc1cc2c(Oc3ccc(NC(=O)C4(C(=O)Nc5ccc(F)cc5)CC4(C)C)cc3F)ncnc2cc1O.Cl.O=CO[O-].[H-].[K+].[K+]. The molecule has 2 aromatic heterocycles. The number of phenols is 1. The van der Waals surface area contributed by atoms with Crippen LogP contribution >= 0.6 is 24.0 Å². The molecule has 8 aromatic rings. The van der Waals surface area contributed by atoms with E-state index in [9.17, 15) is 33.1 Å². The number of nitrogens with one attached hydrogen (secondary N) is 5. The second-order valence-electron chi connectivity index (χ2n) is 23.6. The minimum Gasteiger partial charge on any atom is -1.00 e. The van der Waals surface area contributed by atoms with Crippen molar-refractivity contribution >= 4 is 98.7 Å². The number of hydrogen-bond acceptors (Lipinski definition) is 19. The third-order valence-electron chi connectivity index (χ3n) is 16.8. The molecule has 526 valence electrons. The van der Waals surface area contributed by atoms with Gasteiger partial charge in [0.1, 0.15) is 35.1 Å². The molecule has 2 aliphatic rings. The number of ether oxygens (including phenoxy) is 5. The molecule has 0 saturated heterocycles. The molecule has 0 aliphatic heterocycles. The summed E-state index contributed by atoms with van der Waals surface area (Å²) in [6.07, 6.45) is 4.87. The number of halogens is 6. The topological polar surface area (TPSA) is 299 Å². The van der Waals surface area contributed by atoms with E-state index in [4.69, 9.17) is 45.3 Å². The van der Waals surface area contributed by atoms with Crippen LogP contribution in [0, 0.1) is 44.9 Å². The van der Waals surface area contributed by atoms with Crippen LogP contribution in [0.2, 0.25) is 0 Å². The summed E-state index contributed by atoms with van der Waals surface area (Å²) in [6.45, 7) is 17.1. The minimum absolute atomic E-state index is 0. The molecule has 0 bridgehead atoms. The van der Waals surface area contributed by atoms with Gasteiger partial charge < -0.3 is 71.8 Å². The molecule has 2 saturated carbocycles.